The molecule has 13 nitrogen and oxygen atoms in total. The second-order valence-corrected chi connectivity index (χ2v) is 11.1. The van der Waals surface area contributed by atoms with Gasteiger partial charge in [-0.15, -0.1) is 0 Å². The fourth-order valence-electron chi connectivity index (χ4n) is 5.21. The van der Waals surface area contributed by atoms with Crippen LogP contribution in [-0.2, 0) is 0 Å². The van der Waals surface area contributed by atoms with Gasteiger partial charge in [0.15, 0.2) is 11.6 Å². The number of nitrogens with zero attached hydrogens (tertiary/aromatic N) is 7. The summed E-state index contributed by atoms with van der Waals surface area (Å²) in [6.45, 7) is 1.95. The van der Waals surface area contributed by atoms with Gasteiger partial charge >= 0.3 is 0 Å². The number of benzene rings is 3. The molecule has 0 spiro atoms. The smallest absolute Gasteiger partial charge is 0.229 e. The Morgan fingerprint density at radius 1 is 0.696 bits per heavy atom. The van der Waals surface area contributed by atoms with Crippen LogP contribution in [0.3, 0.4) is 0 Å². The third-order valence-electron chi connectivity index (χ3n) is 7.66. The predicted octanol–water partition coefficient (Wildman–Crippen LogP) is 7.00. The molecule has 0 bridgehead atoms. The van der Waals surface area contributed by atoms with Crippen LogP contribution in [0.2, 0.25) is 0 Å². The number of para-hydroxylation sites is 2. The Bertz CT molecular complexity index is 2290. The number of nitrogens with one attached hydrogen (secondary N) is 6. The van der Waals surface area contributed by atoms with Crippen LogP contribution in [0.15, 0.2) is 91.4 Å². The van der Waals surface area contributed by atoms with Gasteiger partial charge in [-0.3, -0.25) is 15.3 Å². The van der Waals surface area contributed by atoms with Gasteiger partial charge in [-0.2, -0.15) is 20.3 Å². The highest BCUT2D eigenvalue weighted by Gasteiger charge is 2.25. The molecule has 5 heterocycles. The SMILES string of the molecule is Cc1cc(Nc2ncnc3ccccc23)n[nH]1.c1ccc2c(Nc3cc(C4CC4)[nH]n3)nc(Nc3ccc4[nH]ncc4c3)nc2c1. The summed E-state index contributed by atoms with van der Waals surface area (Å²) in [5.41, 5.74) is 5.84. The average Bonchev–Trinajstić information content (AvgIpc) is 3.41. The fraction of sp³-hybridized carbons (Fsp3) is 0.121. The van der Waals surface area contributed by atoms with Crippen molar-refractivity contribution in [3.63, 3.8) is 0 Å². The lowest BCUT2D eigenvalue weighted by atomic mass is 10.2. The largest absolute Gasteiger partial charge is 0.324 e. The molecule has 0 saturated heterocycles. The summed E-state index contributed by atoms with van der Waals surface area (Å²) in [4.78, 5) is 17.8. The Morgan fingerprint density at radius 3 is 2.28 bits per heavy atom. The van der Waals surface area contributed by atoms with Crippen molar-refractivity contribution in [2.24, 2.45) is 0 Å². The number of hydrogen-bond acceptors (Lipinski definition) is 10. The second-order valence-electron chi connectivity index (χ2n) is 11.1. The van der Waals surface area contributed by atoms with E-state index < -0.39 is 0 Å². The zero-order chi connectivity index (χ0) is 30.9. The van der Waals surface area contributed by atoms with Crippen LogP contribution in [0.1, 0.15) is 30.1 Å². The first-order valence-electron chi connectivity index (χ1n) is 14.9. The number of aryl methyl sites for hydroxylation is 1. The maximum Gasteiger partial charge on any atom is 0.229 e. The van der Waals surface area contributed by atoms with E-state index in [0.717, 1.165) is 67.4 Å². The van der Waals surface area contributed by atoms with Crippen molar-refractivity contribution in [1.82, 2.24) is 50.5 Å². The molecule has 8 aromatic rings. The summed E-state index contributed by atoms with van der Waals surface area (Å²) < 4.78 is 0. The van der Waals surface area contributed by atoms with E-state index in [2.05, 4.69) is 67.6 Å². The van der Waals surface area contributed by atoms with Gasteiger partial charge in [-0.1, -0.05) is 24.3 Å². The van der Waals surface area contributed by atoms with Crippen molar-refractivity contribution >= 4 is 67.6 Å². The van der Waals surface area contributed by atoms with Gasteiger partial charge in [0.25, 0.3) is 0 Å². The van der Waals surface area contributed by atoms with Gasteiger partial charge in [0, 0.05) is 51.3 Å². The molecule has 13 heteroatoms. The topological polar surface area (TPSA) is 174 Å². The Labute approximate surface area is 262 Å². The number of fused-ring (bicyclic) bond motifs is 3. The summed E-state index contributed by atoms with van der Waals surface area (Å²) in [6.07, 6.45) is 5.80. The Hall–Kier alpha value is -6.37. The molecule has 5 aromatic heterocycles. The van der Waals surface area contributed by atoms with Gasteiger partial charge in [0.1, 0.15) is 18.0 Å². The predicted molar refractivity (Wildman–Crippen MR) is 179 cm³/mol. The molecular weight excluding hydrogens is 578 g/mol. The first kappa shape index (κ1) is 27.2. The van der Waals surface area contributed by atoms with Crippen LogP contribution in [0.5, 0.6) is 0 Å². The van der Waals surface area contributed by atoms with Gasteiger partial charge in [-0.25, -0.2) is 15.0 Å². The average molecular weight is 608 g/mol. The van der Waals surface area contributed by atoms with Crippen molar-refractivity contribution < 1.29 is 0 Å². The van der Waals surface area contributed by atoms with E-state index in [0.29, 0.717) is 11.9 Å². The number of aromatic amines is 3. The first-order valence-corrected chi connectivity index (χ1v) is 14.9. The van der Waals surface area contributed by atoms with Gasteiger partial charge in [-0.05, 0) is 62.2 Å². The van der Waals surface area contributed by atoms with E-state index in [1.807, 2.05) is 79.7 Å². The molecule has 0 amide bonds. The molecule has 0 aliphatic heterocycles. The maximum absolute atomic E-state index is 4.72. The Morgan fingerprint density at radius 2 is 1.46 bits per heavy atom. The van der Waals surface area contributed by atoms with Gasteiger partial charge in [0.05, 0.1) is 22.7 Å². The lowest BCUT2D eigenvalue weighted by Gasteiger charge is -2.10. The number of hydrogen-bond donors (Lipinski definition) is 6. The zero-order valence-corrected chi connectivity index (χ0v) is 24.8. The van der Waals surface area contributed by atoms with Crippen LogP contribution >= 0.6 is 0 Å². The van der Waals surface area contributed by atoms with E-state index >= 15 is 0 Å². The van der Waals surface area contributed by atoms with E-state index in [4.69, 9.17) is 4.98 Å². The molecule has 1 aliphatic rings. The quantitative estimate of drug-likeness (QED) is 0.111. The van der Waals surface area contributed by atoms with Crippen LogP contribution in [0.4, 0.5) is 34.9 Å². The molecule has 1 aliphatic carbocycles. The molecule has 1 fully saturated rings. The molecule has 0 radical (unpaired) electrons. The third kappa shape index (κ3) is 5.76. The van der Waals surface area contributed by atoms with Crippen LogP contribution in [0, 0.1) is 6.92 Å². The first-order chi connectivity index (χ1) is 22.6. The highest BCUT2D eigenvalue weighted by Crippen LogP contribution is 2.40. The number of anilines is 6. The zero-order valence-electron chi connectivity index (χ0n) is 24.8. The van der Waals surface area contributed by atoms with E-state index in [9.17, 15) is 0 Å². The number of H-pyrrole nitrogens is 3. The van der Waals surface area contributed by atoms with Crippen molar-refractivity contribution in [2.75, 3.05) is 16.0 Å². The lowest BCUT2D eigenvalue weighted by molar-refractivity contribution is 0.966. The van der Waals surface area contributed by atoms with Crippen LogP contribution in [-0.4, -0.2) is 50.5 Å². The summed E-state index contributed by atoms with van der Waals surface area (Å²) in [7, 11) is 0. The fourth-order valence-corrected chi connectivity index (χ4v) is 5.21. The molecule has 226 valence electrons. The summed E-state index contributed by atoms with van der Waals surface area (Å²) >= 11 is 0. The highest BCUT2D eigenvalue weighted by molar-refractivity contribution is 5.92. The molecule has 46 heavy (non-hydrogen) atoms. The second kappa shape index (κ2) is 11.6. The van der Waals surface area contributed by atoms with Crippen LogP contribution in [0.25, 0.3) is 32.7 Å². The Kier molecular flexibility index (Phi) is 6.87. The van der Waals surface area contributed by atoms with Crippen molar-refractivity contribution in [3.8, 4) is 0 Å². The van der Waals surface area contributed by atoms with E-state index in [1.165, 1.54) is 18.5 Å². The molecular formula is C33H29N13. The van der Waals surface area contributed by atoms with Crippen LogP contribution < -0.4 is 16.0 Å². The van der Waals surface area contributed by atoms with Crippen molar-refractivity contribution in [1.29, 1.82) is 0 Å². The van der Waals surface area contributed by atoms with Crippen molar-refractivity contribution in [2.45, 2.75) is 25.7 Å². The highest BCUT2D eigenvalue weighted by atomic mass is 15.2. The van der Waals surface area contributed by atoms with E-state index in [1.54, 1.807) is 12.5 Å². The molecule has 6 N–H and O–H groups in total. The van der Waals surface area contributed by atoms with Gasteiger partial charge in [0.2, 0.25) is 5.95 Å². The lowest BCUT2D eigenvalue weighted by Crippen LogP contribution is -2.02. The minimum absolute atomic E-state index is 0.520. The summed E-state index contributed by atoms with van der Waals surface area (Å²) in [5, 5.41) is 34.3. The molecule has 9 rings (SSSR count). The molecule has 1 saturated carbocycles. The van der Waals surface area contributed by atoms with Gasteiger partial charge < -0.3 is 16.0 Å². The monoisotopic (exact) mass is 607 g/mol. The Balaban J connectivity index is 0.000000156. The van der Waals surface area contributed by atoms with Crippen molar-refractivity contribution in [3.05, 3.63) is 103 Å². The minimum Gasteiger partial charge on any atom is -0.324 e. The summed E-state index contributed by atoms with van der Waals surface area (Å²) in [5.74, 6) is 4.15. The van der Waals surface area contributed by atoms with E-state index in [-0.39, 0.29) is 0 Å². The summed E-state index contributed by atoms with van der Waals surface area (Å²) in [6, 6.07) is 25.8. The minimum atomic E-state index is 0.520. The number of aromatic nitrogens is 10. The molecule has 3 aromatic carbocycles. The normalized spacial score (nSPS) is 12.6. The standard InChI is InChI=1S/C21H18N8.C12H11N5/c1-2-4-17-15(3-1)20(25-19-10-18(28-29-19)12-5-6-12)26-21(24-17)23-14-7-8-16-13(9-14)11-22-27-16;1-8-6-11(17-16-8)15-12-9-4-2-3-5-10(9)13-7-14-12/h1-4,7-12H,5-6H2,(H,22,27)(H3,23,24,25,26,28,29);2-7H,1H3,(H2,13,14,15,16,17). The number of rotatable bonds is 7. The third-order valence-corrected chi connectivity index (χ3v) is 7.66. The molecule has 0 unspecified atom stereocenters. The maximum atomic E-state index is 4.72. The molecule has 0 atom stereocenters.